The number of rotatable bonds is 4. The minimum Gasteiger partial charge on any atom is -0.496 e. The van der Waals surface area contributed by atoms with Gasteiger partial charge in [0.2, 0.25) is 0 Å². The molecule has 0 aliphatic carbocycles. The predicted molar refractivity (Wildman–Crippen MR) is 105 cm³/mol. The highest BCUT2D eigenvalue weighted by atomic mass is 35.5. The van der Waals surface area contributed by atoms with Crippen LogP contribution in [0.15, 0.2) is 41.2 Å². The van der Waals surface area contributed by atoms with Gasteiger partial charge in [-0.2, -0.15) is 0 Å². The average molecular weight is 385 g/mol. The SMILES string of the molecule is COC(=O)c1ccc2c(=O)[nH]c(/C(Cl)=C/c3ccc(OC)c(C)c3)nc2c1. The van der Waals surface area contributed by atoms with Crippen LogP contribution in [-0.4, -0.2) is 30.2 Å². The van der Waals surface area contributed by atoms with E-state index in [9.17, 15) is 9.59 Å². The standard InChI is InChI=1S/C20H17ClN2O4/c1-11-8-12(4-7-17(11)26-2)9-15(21)18-22-16-10-13(20(25)27-3)5-6-14(16)19(24)23-18/h4-10H,1-3H3,(H,22,23,24)/b15-9-. The van der Waals surface area contributed by atoms with E-state index in [0.717, 1.165) is 16.9 Å². The van der Waals surface area contributed by atoms with Gasteiger partial charge in [-0.1, -0.05) is 17.7 Å². The van der Waals surface area contributed by atoms with Crippen molar-refractivity contribution < 1.29 is 14.3 Å². The number of H-pyrrole nitrogens is 1. The van der Waals surface area contributed by atoms with Gasteiger partial charge in [-0.05, 0) is 54.5 Å². The molecule has 0 amide bonds. The van der Waals surface area contributed by atoms with E-state index in [-0.39, 0.29) is 16.4 Å². The first kappa shape index (κ1) is 18.7. The number of halogens is 1. The second kappa shape index (κ2) is 7.63. The molecular formula is C20H17ClN2O4. The third-order valence-corrected chi connectivity index (χ3v) is 4.35. The summed E-state index contributed by atoms with van der Waals surface area (Å²) in [5, 5.41) is 0.623. The van der Waals surface area contributed by atoms with Gasteiger partial charge < -0.3 is 14.5 Å². The Hall–Kier alpha value is -3.12. The summed E-state index contributed by atoms with van der Waals surface area (Å²) in [6.45, 7) is 1.93. The van der Waals surface area contributed by atoms with Crippen molar-refractivity contribution in [2.45, 2.75) is 6.92 Å². The predicted octanol–water partition coefficient (Wildman–Crippen LogP) is 3.76. The van der Waals surface area contributed by atoms with Crippen molar-refractivity contribution in [2.75, 3.05) is 14.2 Å². The first-order valence-electron chi connectivity index (χ1n) is 8.07. The third kappa shape index (κ3) is 3.85. The molecule has 0 saturated heterocycles. The number of carbonyl (C=O) groups is 1. The number of fused-ring (bicyclic) bond motifs is 1. The van der Waals surface area contributed by atoms with Crippen molar-refractivity contribution in [1.29, 1.82) is 0 Å². The van der Waals surface area contributed by atoms with Crippen molar-refractivity contribution in [1.82, 2.24) is 9.97 Å². The van der Waals surface area contributed by atoms with Crippen LogP contribution in [0.3, 0.4) is 0 Å². The third-order valence-electron chi connectivity index (χ3n) is 4.07. The van der Waals surface area contributed by atoms with Crippen LogP contribution in [0, 0.1) is 6.92 Å². The van der Waals surface area contributed by atoms with Crippen LogP contribution in [0.2, 0.25) is 0 Å². The molecule has 3 rings (SSSR count). The number of aryl methyl sites for hydroxylation is 1. The minimum absolute atomic E-state index is 0.213. The molecule has 27 heavy (non-hydrogen) atoms. The molecule has 0 bridgehead atoms. The van der Waals surface area contributed by atoms with Crippen molar-refractivity contribution in [3.05, 3.63) is 69.3 Å². The summed E-state index contributed by atoms with van der Waals surface area (Å²) in [6.07, 6.45) is 1.70. The number of aromatic nitrogens is 2. The van der Waals surface area contributed by atoms with Crippen LogP contribution in [0.25, 0.3) is 22.0 Å². The zero-order valence-electron chi connectivity index (χ0n) is 15.0. The summed E-state index contributed by atoms with van der Waals surface area (Å²) in [5.74, 6) is 0.483. The Kier molecular flexibility index (Phi) is 5.28. The van der Waals surface area contributed by atoms with Crippen molar-refractivity contribution >= 4 is 39.6 Å². The summed E-state index contributed by atoms with van der Waals surface area (Å²) in [4.78, 5) is 31.1. The Bertz CT molecular complexity index is 1120. The van der Waals surface area contributed by atoms with E-state index < -0.39 is 5.97 Å². The Labute approximate surface area is 160 Å². The maximum Gasteiger partial charge on any atom is 0.337 e. The zero-order chi connectivity index (χ0) is 19.6. The molecule has 0 aliphatic rings. The Morgan fingerprint density at radius 1 is 1.19 bits per heavy atom. The number of nitrogens with one attached hydrogen (secondary N) is 1. The van der Waals surface area contributed by atoms with Crippen LogP contribution in [0.5, 0.6) is 5.75 Å². The molecular weight excluding hydrogens is 368 g/mol. The number of esters is 1. The highest BCUT2D eigenvalue weighted by Crippen LogP contribution is 2.24. The summed E-state index contributed by atoms with van der Waals surface area (Å²) in [7, 11) is 2.90. The number of hydrogen-bond acceptors (Lipinski definition) is 5. The van der Waals surface area contributed by atoms with E-state index in [1.807, 2.05) is 25.1 Å². The number of carbonyl (C=O) groups excluding carboxylic acids is 1. The topological polar surface area (TPSA) is 81.3 Å². The molecule has 1 N–H and O–H groups in total. The zero-order valence-corrected chi connectivity index (χ0v) is 15.8. The number of nitrogens with zero attached hydrogens (tertiary/aromatic N) is 1. The van der Waals surface area contributed by atoms with Gasteiger partial charge in [-0.15, -0.1) is 0 Å². The molecule has 138 valence electrons. The lowest BCUT2D eigenvalue weighted by atomic mass is 10.1. The number of benzene rings is 2. The molecule has 1 heterocycles. The van der Waals surface area contributed by atoms with Gasteiger partial charge in [0, 0.05) is 0 Å². The van der Waals surface area contributed by atoms with E-state index in [0.29, 0.717) is 16.5 Å². The van der Waals surface area contributed by atoms with Gasteiger partial charge in [-0.25, -0.2) is 9.78 Å². The molecule has 6 nitrogen and oxygen atoms in total. The second-order valence-corrected chi connectivity index (χ2v) is 6.27. The second-order valence-electron chi connectivity index (χ2n) is 5.86. The maximum absolute atomic E-state index is 12.3. The minimum atomic E-state index is -0.504. The fourth-order valence-electron chi connectivity index (χ4n) is 2.70. The van der Waals surface area contributed by atoms with Gasteiger partial charge in [0.15, 0.2) is 5.82 Å². The number of ether oxygens (including phenoxy) is 2. The lowest BCUT2D eigenvalue weighted by Crippen LogP contribution is -2.11. The van der Waals surface area contributed by atoms with Gasteiger partial charge in [0.25, 0.3) is 5.56 Å². The lowest BCUT2D eigenvalue weighted by Gasteiger charge is -2.06. The fraction of sp³-hybridized carbons (Fsp3) is 0.150. The quantitative estimate of drug-likeness (QED) is 0.692. The summed E-state index contributed by atoms with van der Waals surface area (Å²) in [6, 6.07) is 10.1. The van der Waals surface area contributed by atoms with E-state index in [1.54, 1.807) is 13.2 Å². The molecule has 1 aromatic heterocycles. The molecule has 0 saturated carbocycles. The first-order valence-corrected chi connectivity index (χ1v) is 8.45. The van der Waals surface area contributed by atoms with Gasteiger partial charge in [0.1, 0.15) is 5.75 Å². The van der Waals surface area contributed by atoms with Crippen molar-refractivity contribution in [2.24, 2.45) is 0 Å². The van der Waals surface area contributed by atoms with E-state index in [1.165, 1.54) is 25.3 Å². The van der Waals surface area contributed by atoms with Crippen molar-refractivity contribution in [3.63, 3.8) is 0 Å². The lowest BCUT2D eigenvalue weighted by molar-refractivity contribution is 0.0601. The van der Waals surface area contributed by atoms with E-state index >= 15 is 0 Å². The summed E-state index contributed by atoms with van der Waals surface area (Å²) >= 11 is 6.37. The Morgan fingerprint density at radius 2 is 1.96 bits per heavy atom. The summed E-state index contributed by atoms with van der Waals surface area (Å²) < 4.78 is 9.94. The average Bonchev–Trinajstić information content (AvgIpc) is 2.67. The highest BCUT2D eigenvalue weighted by Gasteiger charge is 2.11. The Balaban J connectivity index is 2.06. The molecule has 3 aromatic rings. The molecule has 0 fully saturated rings. The maximum atomic E-state index is 12.3. The number of methoxy groups -OCH3 is 2. The van der Waals surface area contributed by atoms with E-state index in [2.05, 4.69) is 9.97 Å². The van der Waals surface area contributed by atoms with Gasteiger partial charge in [-0.3, -0.25) is 4.79 Å². The molecule has 0 aliphatic heterocycles. The highest BCUT2D eigenvalue weighted by molar-refractivity contribution is 6.50. The molecule has 7 heteroatoms. The van der Waals surface area contributed by atoms with Crippen LogP contribution >= 0.6 is 11.6 Å². The molecule has 2 aromatic carbocycles. The normalized spacial score (nSPS) is 11.5. The van der Waals surface area contributed by atoms with Crippen molar-refractivity contribution in [3.8, 4) is 5.75 Å². The largest absolute Gasteiger partial charge is 0.496 e. The van der Waals surface area contributed by atoms with Crippen LogP contribution < -0.4 is 10.3 Å². The smallest absolute Gasteiger partial charge is 0.337 e. The van der Waals surface area contributed by atoms with Gasteiger partial charge in [0.05, 0.1) is 35.7 Å². The fourth-order valence-corrected chi connectivity index (χ4v) is 2.92. The molecule has 0 unspecified atom stereocenters. The molecule has 0 spiro atoms. The number of hydrogen-bond donors (Lipinski definition) is 1. The van der Waals surface area contributed by atoms with E-state index in [4.69, 9.17) is 21.1 Å². The Morgan fingerprint density at radius 3 is 2.63 bits per heavy atom. The number of aromatic amines is 1. The first-order chi connectivity index (χ1) is 12.9. The summed E-state index contributed by atoms with van der Waals surface area (Å²) in [5.41, 5.74) is 2.11. The van der Waals surface area contributed by atoms with Crippen LogP contribution in [0.4, 0.5) is 0 Å². The van der Waals surface area contributed by atoms with Gasteiger partial charge >= 0.3 is 5.97 Å². The van der Waals surface area contributed by atoms with Crippen LogP contribution in [-0.2, 0) is 4.74 Å². The molecule has 0 radical (unpaired) electrons. The monoisotopic (exact) mass is 384 g/mol. The molecule has 0 atom stereocenters. The van der Waals surface area contributed by atoms with Crippen LogP contribution in [0.1, 0.15) is 27.3 Å².